The minimum Gasteiger partial charge on any atom is -1.00 e. The second kappa shape index (κ2) is 17.2. The Morgan fingerprint density at radius 1 is 1.20 bits per heavy atom. The van der Waals surface area contributed by atoms with E-state index in [1.54, 1.807) is 0 Å². The zero-order valence-corrected chi connectivity index (χ0v) is 7.11. The molecule has 0 aromatic heterocycles. The Labute approximate surface area is 99.4 Å². The first kappa shape index (κ1) is 40.4. The molecule has 65 valence electrons. The molecule has 0 amide bonds. The van der Waals surface area contributed by atoms with Crippen LogP contribution in [-0.2, 0) is 38.7 Å². The Hall–Kier alpha value is 1.96. The van der Waals surface area contributed by atoms with E-state index in [0.29, 0.717) is 0 Å². The Balaban J connectivity index is -0.00000000533. The summed E-state index contributed by atoms with van der Waals surface area (Å²) in [6.07, 6.45) is 0. The van der Waals surface area contributed by atoms with Gasteiger partial charge in [0.25, 0.3) is 0 Å². The molecule has 0 heterocycles. The maximum Gasteiger partial charge on any atom is 1.00 e. The summed E-state index contributed by atoms with van der Waals surface area (Å²) in [6, 6.07) is 0. The summed E-state index contributed by atoms with van der Waals surface area (Å²) < 4.78 is 8.88. The fourth-order valence-corrected chi connectivity index (χ4v) is 0. The third kappa shape index (κ3) is 208. The van der Waals surface area contributed by atoms with Crippen molar-refractivity contribution in [2.24, 2.45) is 0 Å². The van der Waals surface area contributed by atoms with Gasteiger partial charge in [-0.3, -0.25) is 0 Å². The number of hydrogen-bond donors (Lipinski definition) is 3. The summed E-state index contributed by atoms with van der Waals surface area (Å²) in [5.74, 6) is 0. The molecule has 0 fully saturated rings. The van der Waals surface area contributed by atoms with E-state index in [0.717, 1.165) is 0 Å². The van der Waals surface area contributed by atoms with Gasteiger partial charge in [0.15, 0.2) is 0 Å². The fraction of sp³-hybridized carbons (Fsp3) is 1.00. The van der Waals surface area contributed by atoms with Gasteiger partial charge in [0.05, 0.1) is 0 Å². The minimum atomic E-state index is -4.64. The van der Waals surface area contributed by atoms with E-state index in [1.807, 2.05) is 0 Å². The Morgan fingerprint density at radius 2 is 1.20 bits per heavy atom. The monoisotopic (exact) mass is 265 g/mol. The van der Waals surface area contributed by atoms with Crippen molar-refractivity contribution in [2.75, 3.05) is 0 Å². The first-order chi connectivity index (χ1) is 2.00. The third-order valence-corrected chi connectivity index (χ3v) is 0. The maximum absolute atomic E-state index is 8.88. The van der Waals surface area contributed by atoms with Gasteiger partial charge in [-0.25, -0.2) is 4.57 Å². The van der Waals surface area contributed by atoms with E-state index in [1.165, 1.54) is 0 Å². The van der Waals surface area contributed by atoms with E-state index >= 15 is 0 Å². The molecule has 9 heteroatoms. The molecule has 0 atom stereocenters. The van der Waals surface area contributed by atoms with Crippen molar-refractivity contribution < 1.29 is 73.7 Å². The van der Waals surface area contributed by atoms with E-state index in [4.69, 9.17) is 19.2 Å². The van der Waals surface area contributed by atoms with Gasteiger partial charge in [-0.15, -0.1) is 0 Å². The van der Waals surface area contributed by atoms with E-state index in [-0.39, 0.29) is 72.8 Å². The molecule has 0 aliphatic heterocycles. The second-order valence-electron chi connectivity index (χ2n) is 0.513. The van der Waals surface area contributed by atoms with Crippen LogP contribution in [0.4, 0.5) is 0 Å². The molecule has 1 radical (unpaired) electrons. The number of phosphoric acid groups is 1. The SMILES string of the molecule is C.O=P(O)(O)O.[Fe].[H-].[Li+].[Mn].[SiH4]. The van der Waals surface area contributed by atoms with Crippen molar-refractivity contribution in [3.05, 3.63) is 0 Å². The third-order valence-electron chi connectivity index (χ3n) is 0. The van der Waals surface area contributed by atoms with Crippen LogP contribution < -0.4 is 18.9 Å². The summed E-state index contributed by atoms with van der Waals surface area (Å²) in [6.45, 7) is 0. The average Bonchev–Trinajstić information content (AvgIpc) is 0.722. The molecule has 10 heavy (non-hydrogen) atoms. The molecular weight excluding hydrogens is 253 g/mol. The van der Waals surface area contributed by atoms with Crippen LogP contribution in [0.2, 0.25) is 0 Å². The Kier molecular flexibility index (Phi) is 69.4. The zero-order valence-electron chi connectivity index (χ0n) is 4.93. The van der Waals surface area contributed by atoms with Crippen molar-refractivity contribution in [3.8, 4) is 0 Å². The quantitative estimate of drug-likeness (QED) is 0.304. The first-order valence-corrected chi connectivity index (χ1v) is 2.35. The van der Waals surface area contributed by atoms with Gasteiger partial charge in [0, 0.05) is 34.1 Å². The molecule has 0 aromatic carbocycles. The average molecular weight is 265 g/mol. The van der Waals surface area contributed by atoms with E-state index < -0.39 is 7.82 Å². The van der Waals surface area contributed by atoms with Crippen molar-refractivity contribution in [1.29, 1.82) is 0 Å². The smallest absolute Gasteiger partial charge is 1.00 e. The van der Waals surface area contributed by atoms with Crippen molar-refractivity contribution in [1.82, 2.24) is 0 Å². The molecule has 0 bridgehead atoms. The first-order valence-electron chi connectivity index (χ1n) is 0.783. The van der Waals surface area contributed by atoms with Crippen molar-refractivity contribution >= 4 is 18.8 Å². The molecule has 0 aromatic rings. The molecule has 0 aliphatic rings. The summed E-state index contributed by atoms with van der Waals surface area (Å²) in [4.78, 5) is 21.6. The predicted molar refractivity (Wildman–Crippen MR) is 33.4 cm³/mol. The predicted octanol–water partition coefficient (Wildman–Crippen LogP) is -4.63. The molecule has 0 saturated heterocycles. The van der Waals surface area contributed by atoms with Crippen LogP contribution in [0.25, 0.3) is 0 Å². The van der Waals surface area contributed by atoms with Gasteiger partial charge in [0.1, 0.15) is 0 Å². The normalized spacial score (nSPS) is 5.90. The van der Waals surface area contributed by atoms with Crippen LogP contribution in [0, 0.1) is 0 Å². The van der Waals surface area contributed by atoms with Crippen LogP contribution in [-0.4, -0.2) is 25.6 Å². The van der Waals surface area contributed by atoms with Gasteiger partial charge in [-0.1, -0.05) is 7.43 Å². The van der Waals surface area contributed by atoms with E-state index in [9.17, 15) is 0 Å². The molecule has 0 spiro atoms. The molecule has 3 N–H and O–H groups in total. The van der Waals surface area contributed by atoms with Crippen LogP contribution in [0.1, 0.15) is 8.85 Å². The molecule has 0 unspecified atom stereocenters. The fourth-order valence-electron chi connectivity index (χ4n) is 0. The van der Waals surface area contributed by atoms with Crippen LogP contribution in [0.5, 0.6) is 0 Å². The van der Waals surface area contributed by atoms with Gasteiger partial charge in [0.2, 0.25) is 0 Å². The molecule has 0 aliphatic carbocycles. The van der Waals surface area contributed by atoms with Crippen LogP contribution in [0.15, 0.2) is 0 Å². The zero-order chi connectivity index (χ0) is 4.50. The summed E-state index contributed by atoms with van der Waals surface area (Å²) >= 11 is 0. The summed E-state index contributed by atoms with van der Waals surface area (Å²) in [7, 11) is -4.64. The standard InChI is InChI=1S/CH4.Fe.Li.Mn.H3O4P.H4Si.H/c;;;;1-5(2,3)4;;/h1H4;;;;(H3,1,2,3,4);1H4;/q;;+1;;;;-1. The second-order valence-corrected chi connectivity index (χ2v) is 1.54. The van der Waals surface area contributed by atoms with Gasteiger partial charge >= 0.3 is 26.7 Å². The molecular formula is CH12FeLiMnO4PSi. The van der Waals surface area contributed by atoms with Crippen molar-refractivity contribution in [3.63, 3.8) is 0 Å². The summed E-state index contributed by atoms with van der Waals surface area (Å²) in [5, 5.41) is 0. The molecule has 0 rings (SSSR count). The van der Waals surface area contributed by atoms with Crippen LogP contribution >= 0.6 is 7.82 Å². The number of hydrogen-bond acceptors (Lipinski definition) is 1. The molecule has 0 saturated carbocycles. The van der Waals surface area contributed by atoms with Crippen molar-refractivity contribution in [2.45, 2.75) is 7.43 Å². The van der Waals surface area contributed by atoms with Gasteiger partial charge in [-0.05, 0) is 11.0 Å². The minimum absolute atomic E-state index is 0. The Bertz CT molecular complexity index is 76.2. The van der Waals surface area contributed by atoms with Gasteiger partial charge < -0.3 is 16.1 Å². The van der Waals surface area contributed by atoms with Gasteiger partial charge in [-0.2, -0.15) is 0 Å². The molecule has 4 nitrogen and oxygen atoms in total. The maximum atomic E-state index is 8.88. The largest absolute Gasteiger partial charge is 1.00 e. The van der Waals surface area contributed by atoms with E-state index in [2.05, 4.69) is 0 Å². The number of rotatable bonds is 0. The Morgan fingerprint density at radius 3 is 1.20 bits per heavy atom. The topological polar surface area (TPSA) is 77.8 Å². The van der Waals surface area contributed by atoms with Crippen LogP contribution in [0.3, 0.4) is 0 Å². The summed E-state index contributed by atoms with van der Waals surface area (Å²) in [5.41, 5.74) is 0.